The van der Waals surface area contributed by atoms with Crippen LogP contribution in [0.25, 0.3) is 0 Å². The van der Waals surface area contributed by atoms with Crippen LogP contribution in [-0.2, 0) is 0 Å². The van der Waals surface area contributed by atoms with Crippen molar-refractivity contribution in [2.75, 3.05) is 0 Å². The molecule has 0 fully saturated rings. The molecule has 10 heavy (non-hydrogen) atoms. The Balaban J connectivity index is 2.96. The average Bonchev–Trinajstić information content (AvgIpc) is 1.88. The van der Waals surface area contributed by atoms with E-state index in [2.05, 4.69) is 22.0 Å². The average molecular weight is 206 g/mol. The van der Waals surface area contributed by atoms with E-state index in [-0.39, 0.29) is 5.56 Å². The zero-order chi connectivity index (χ0) is 7.56. The van der Waals surface area contributed by atoms with E-state index in [9.17, 15) is 8.78 Å². The predicted molar refractivity (Wildman–Crippen MR) is 37.9 cm³/mol. The molecule has 0 amide bonds. The quantitative estimate of drug-likeness (QED) is 0.661. The summed E-state index contributed by atoms with van der Waals surface area (Å²) in [7, 11) is 0. The molecule has 0 aliphatic carbocycles. The molecule has 1 aromatic carbocycles. The van der Waals surface area contributed by atoms with Gasteiger partial charge in [-0.25, -0.2) is 8.78 Å². The summed E-state index contributed by atoms with van der Waals surface area (Å²) in [6.45, 7) is 0. The first-order chi connectivity index (χ1) is 4.70. The van der Waals surface area contributed by atoms with Crippen LogP contribution in [0.15, 0.2) is 22.7 Å². The van der Waals surface area contributed by atoms with Crippen LogP contribution >= 0.6 is 15.9 Å². The fraction of sp³-hybridized carbons (Fsp3) is 0.143. The smallest absolute Gasteiger partial charge is 0.205 e. The van der Waals surface area contributed by atoms with Crippen molar-refractivity contribution in [3.63, 3.8) is 0 Å². The van der Waals surface area contributed by atoms with Crippen LogP contribution in [0.4, 0.5) is 8.78 Å². The summed E-state index contributed by atoms with van der Waals surface area (Å²) in [5.74, 6) is 0. The number of hydrogen-bond acceptors (Lipinski definition) is 0. The predicted octanol–water partition coefficient (Wildman–Crippen LogP) is 3.19. The van der Waals surface area contributed by atoms with Gasteiger partial charge in [0.15, 0.2) is 0 Å². The summed E-state index contributed by atoms with van der Waals surface area (Å²) >= 11 is 3.08. The topological polar surface area (TPSA) is 0 Å². The maximum atomic E-state index is 11.9. The number of rotatable bonds is 1. The Morgan fingerprint density at radius 3 is 2.60 bits per heavy atom. The monoisotopic (exact) mass is 205 g/mol. The number of benzene rings is 1. The molecule has 0 bridgehead atoms. The lowest BCUT2D eigenvalue weighted by molar-refractivity contribution is 0.151. The van der Waals surface area contributed by atoms with Gasteiger partial charge in [-0.05, 0) is 18.2 Å². The van der Waals surface area contributed by atoms with Gasteiger partial charge in [0, 0.05) is 10.0 Å². The van der Waals surface area contributed by atoms with Crippen molar-refractivity contribution in [3.05, 3.63) is 34.3 Å². The van der Waals surface area contributed by atoms with Crippen molar-refractivity contribution in [1.82, 2.24) is 0 Å². The first-order valence-corrected chi connectivity index (χ1v) is 3.45. The van der Waals surface area contributed by atoms with E-state index >= 15 is 0 Å². The molecule has 1 rings (SSSR count). The molecule has 0 spiro atoms. The number of hydrogen-bond donors (Lipinski definition) is 0. The number of halogens is 3. The molecule has 0 aromatic heterocycles. The fourth-order valence-electron chi connectivity index (χ4n) is 0.582. The summed E-state index contributed by atoms with van der Waals surface area (Å²) in [5, 5.41) is 0. The van der Waals surface area contributed by atoms with E-state index in [0.29, 0.717) is 4.47 Å². The van der Waals surface area contributed by atoms with Crippen LogP contribution in [-0.4, -0.2) is 0 Å². The lowest BCUT2D eigenvalue weighted by atomic mass is 10.2. The molecular weight excluding hydrogens is 202 g/mol. The van der Waals surface area contributed by atoms with Gasteiger partial charge in [0.25, 0.3) is 6.43 Å². The lowest BCUT2D eigenvalue weighted by Gasteiger charge is -1.96. The molecule has 53 valence electrons. The van der Waals surface area contributed by atoms with E-state index in [1.54, 1.807) is 6.07 Å². The van der Waals surface area contributed by atoms with E-state index < -0.39 is 6.43 Å². The fourth-order valence-corrected chi connectivity index (χ4v) is 0.961. The van der Waals surface area contributed by atoms with Crippen LogP contribution < -0.4 is 0 Å². The van der Waals surface area contributed by atoms with Crippen molar-refractivity contribution < 1.29 is 8.78 Å². The van der Waals surface area contributed by atoms with Gasteiger partial charge in [-0.15, -0.1) is 0 Å². The van der Waals surface area contributed by atoms with Crippen molar-refractivity contribution in [2.24, 2.45) is 0 Å². The first-order valence-electron chi connectivity index (χ1n) is 2.65. The summed E-state index contributed by atoms with van der Waals surface area (Å²) < 4.78 is 24.4. The largest absolute Gasteiger partial charge is 0.264 e. The van der Waals surface area contributed by atoms with E-state index in [1.807, 2.05) is 0 Å². The van der Waals surface area contributed by atoms with Gasteiger partial charge >= 0.3 is 0 Å². The van der Waals surface area contributed by atoms with E-state index in [0.717, 1.165) is 0 Å². The maximum absolute atomic E-state index is 11.9. The third-order valence-corrected chi connectivity index (χ3v) is 1.51. The second-order valence-electron chi connectivity index (χ2n) is 1.76. The van der Waals surface area contributed by atoms with Crippen LogP contribution in [0, 0.1) is 6.07 Å². The SMILES string of the molecule is FC(F)c1[c]ccc(Br)c1. The highest BCUT2D eigenvalue weighted by Gasteiger charge is 2.05. The minimum atomic E-state index is -2.43. The minimum absolute atomic E-state index is 0.0747. The molecule has 0 aliphatic heterocycles. The summed E-state index contributed by atoms with van der Waals surface area (Å²) in [6.07, 6.45) is -2.43. The van der Waals surface area contributed by atoms with Crippen molar-refractivity contribution in [3.8, 4) is 0 Å². The Labute approximate surface area is 66.0 Å². The maximum Gasteiger partial charge on any atom is 0.264 e. The molecule has 0 nitrogen and oxygen atoms in total. The molecule has 1 radical (unpaired) electrons. The molecule has 0 unspecified atom stereocenters. The number of alkyl halides is 2. The van der Waals surface area contributed by atoms with Gasteiger partial charge in [-0.2, -0.15) is 0 Å². The highest BCUT2D eigenvalue weighted by molar-refractivity contribution is 9.10. The molecular formula is C7H4BrF2. The van der Waals surface area contributed by atoms with Crippen molar-refractivity contribution >= 4 is 15.9 Å². The van der Waals surface area contributed by atoms with Crippen LogP contribution in [0.3, 0.4) is 0 Å². The normalized spacial score (nSPS) is 10.4. The summed E-state index contributed by atoms with van der Waals surface area (Å²) in [5.41, 5.74) is -0.0747. The summed E-state index contributed by atoms with van der Waals surface area (Å²) in [4.78, 5) is 0. The third kappa shape index (κ3) is 1.77. The highest BCUT2D eigenvalue weighted by atomic mass is 79.9. The van der Waals surface area contributed by atoms with Gasteiger partial charge in [0.2, 0.25) is 0 Å². The second-order valence-corrected chi connectivity index (χ2v) is 2.68. The summed E-state index contributed by atoms with van der Waals surface area (Å²) in [6, 6.07) is 6.90. The van der Waals surface area contributed by atoms with Crippen molar-refractivity contribution in [2.45, 2.75) is 6.43 Å². The van der Waals surface area contributed by atoms with Gasteiger partial charge in [-0.3, -0.25) is 0 Å². The minimum Gasteiger partial charge on any atom is -0.205 e. The van der Waals surface area contributed by atoms with E-state index in [1.165, 1.54) is 12.1 Å². The Bertz CT molecular complexity index is 223. The van der Waals surface area contributed by atoms with Gasteiger partial charge < -0.3 is 0 Å². The molecule has 0 heterocycles. The molecule has 3 heteroatoms. The van der Waals surface area contributed by atoms with Gasteiger partial charge in [0.1, 0.15) is 0 Å². The molecule has 0 saturated carbocycles. The second kappa shape index (κ2) is 3.10. The van der Waals surface area contributed by atoms with Gasteiger partial charge in [-0.1, -0.05) is 22.0 Å². The molecule has 1 aromatic rings. The standard InChI is InChI=1S/C7H4BrF2/c8-6-3-1-2-5(4-6)7(9)10/h1,3-4,7H. The van der Waals surface area contributed by atoms with Crippen LogP contribution in [0.2, 0.25) is 0 Å². The zero-order valence-electron chi connectivity index (χ0n) is 4.94. The Morgan fingerprint density at radius 1 is 1.50 bits per heavy atom. The third-order valence-electron chi connectivity index (χ3n) is 1.02. The molecule has 0 N–H and O–H groups in total. The van der Waals surface area contributed by atoms with Crippen LogP contribution in [0.1, 0.15) is 12.0 Å². The first kappa shape index (κ1) is 7.66. The Morgan fingerprint density at radius 2 is 2.20 bits per heavy atom. The molecule has 0 saturated heterocycles. The van der Waals surface area contributed by atoms with Gasteiger partial charge in [0.05, 0.1) is 0 Å². The lowest BCUT2D eigenvalue weighted by Crippen LogP contribution is -1.82. The molecule has 0 aliphatic rings. The Hall–Kier alpha value is -0.440. The Kier molecular flexibility index (Phi) is 2.38. The molecule has 0 atom stereocenters. The highest BCUT2D eigenvalue weighted by Crippen LogP contribution is 2.20. The van der Waals surface area contributed by atoms with Crippen molar-refractivity contribution in [1.29, 1.82) is 0 Å². The zero-order valence-corrected chi connectivity index (χ0v) is 6.53. The van der Waals surface area contributed by atoms with E-state index in [4.69, 9.17) is 0 Å². The van der Waals surface area contributed by atoms with Crippen LogP contribution in [0.5, 0.6) is 0 Å².